The van der Waals surface area contributed by atoms with Crippen LogP contribution < -0.4 is 0 Å². The molecule has 1 fully saturated rings. The third-order valence-corrected chi connectivity index (χ3v) is 6.23. The Morgan fingerprint density at radius 3 is 2.48 bits per heavy atom. The molecule has 0 radical (unpaired) electrons. The first-order valence-electron chi connectivity index (χ1n) is 9.53. The Kier molecular flexibility index (Phi) is 8.58. The molecule has 140 valence electrons. The minimum absolute atomic E-state index is 0.0969. The summed E-state index contributed by atoms with van der Waals surface area (Å²) in [5.74, 6) is 0.823. The number of esters is 1. The van der Waals surface area contributed by atoms with Crippen molar-refractivity contribution in [3.8, 4) is 0 Å². The molecule has 2 nitrogen and oxygen atoms in total. The molecule has 1 aromatic carbocycles. The molecule has 0 bridgehead atoms. The van der Waals surface area contributed by atoms with E-state index in [2.05, 4.69) is 6.92 Å². The minimum Gasteiger partial charge on any atom is -0.469 e. The van der Waals surface area contributed by atoms with Crippen LogP contribution in [0.2, 0.25) is 10.0 Å². The molecule has 1 aliphatic carbocycles. The van der Waals surface area contributed by atoms with E-state index in [4.69, 9.17) is 27.9 Å². The van der Waals surface area contributed by atoms with Crippen LogP contribution in [0.1, 0.15) is 63.9 Å². The van der Waals surface area contributed by atoms with E-state index in [0.717, 1.165) is 18.4 Å². The molecule has 3 atom stereocenters. The summed E-state index contributed by atoms with van der Waals surface area (Å²) >= 11 is 12.2. The smallest absolute Gasteiger partial charge is 0.309 e. The first kappa shape index (κ1) is 20.6. The number of rotatable bonds is 4. The van der Waals surface area contributed by atoms with Gasteiger partial charge >= 0.3 is 5.97 Å². The first-order chi connectivity index (χ1) is 12.0. The number of ether oxygens (including phenoxy) is 1. The zero-order chi connectivity index (χ0) is 18.2. The number of methoxy groups -OCH3 is 1. The molecule has 25 heavy (non-hydrogen) atoms. The SMILES string of the molecule is COC(=O)[C@H](Cc1ccc(Cl)c(Cl)c1)C1CCCCCCC[C@@H](C)C1. The summed E-state index contributed by atoms with van der Waals surface area (Å²) in [6.07, 6.45) is 10.6. The van der Waals surface area contributed by atoms with E-state index in [-0.39, 0.29) is 11.9 Å². The van der Waals surface area contributed by atoms with Crippen molar-refractivity contribution in [1.82, 2.24) is 0 Å². The van der Waals surface area contributed by atoms with E-state index >= 15 is 0 Å². The van der Waals surface area contributed by atoms with E-state index in [1.54, 1.807) is 0 Å². The molecule has 0 N–H and O–H groups in total. The second-order valence-electron chi connectivity index (χ2n) is 7.53. The molecule has 0 saturated heterocycles. The van der Waals surface area contributed by atoms with E-state index in [1.807, 2.05) is 18.2 Å². The lowest BCUT2D eigenvalue weighted by atomic mass is 9.77. The van der Waals surface area contributed by atoms with Crippen LogP contribution in [0.5, 0.6) is 0 Å². The van der Waals surface area contributed by atoms with Gasteiger partial charge in [-0.3, -0.25) is 4.79 Å². The zero-order valence-electron chi connectivity index (χ0n) is 15.4. The van der Waals surface area contributed by atoms with Crippen molar-refractivity contribution in [3.05, 3.63) is 33.8 Å². The summed E-state index contributed by atoms with van der Waals surface area (Å²) in [5, 5.41) is 1.09. The maximum Gasteiger partial charge on any atom is 0.309 e. The van der Waals surface area contributed by atoms with Crippen LogP contribution in [0.4, 0.5) is 0 Å². The van der Waals surface area contributed by atoms with Gasteiger partial charge in [0.2, 0.25) is 0 Å². The molecule has 2 rings (SSSR count). The Morgan fingerprint density at radius 2 is 1.80 bits per heavy atom. The Morgan fingerprint density at radius 1 is 1.12 bits per heavy atom. The number of hydrogen-bond acceptors (Lipinski definition) is 2. The third-order valence-electron chi connectivity index (χ3n) is 5.49. The van der Waals surface area contributed by atoms with E-state index in [1.165, 1.54) is 45.6 Å². The number of carbonyl (C=O) groups is 1. The lowest BCUT2D eigenvalue weighted by molar-refractivity contribution is -0.147. The van der Waals surface area contributed by atoms with Crippen LogP contribution >= 0.6 is 23.2 Å². The fourth-order valence-corrected chi connectivity index (χ4v) is 4.38. The maximum atomic E-state index is 12.5. The predicted octanol–water partition coefficient (Wildman–Crippen LogP) is 6.71. The summed E-state index contributed by atoms with van der Waals surface area (Å²) in [4.78, 5) is 12.5. The van der Waals surface area contributed by atoms with E-state index in [9.17, 15) is 4.79 Å². The molecule has 0 aliphatic heterocycles. The Labute approximate surface area is 162 Å². The average Bonchev–Trinajstić information content (AvgIpc) is 2.60. The van der Waals surface area contributed by atoms with Crippen LogP contribution in [-0.2, 0) is 16.0 Å². The topological polar surface area (TPSA) is 26.3 Å². The van der Waals surface area contributed by atoms with E-state index < -0.39 is 0 Å². The highest BCUT2D eigenvalue weighted by molar-refractivity contribution is 6.42. The maximum absolute atomic E-state index is 12.5. The highest BCUT2D eigenvalue weighted by Crippen LogP contribution is 2.34. The highest BCUT2D eigenvalue weighted by atomic mass is 35.5. The molecule has 0 spiro atoms. The van der Waals surface area contributed by atoms with Gasteiger partial charge in [0, 0.05) is 0 Å². The number of carbonyl (C=O) groups excluding carboxylic acids is 1. The molecule has 4 heteroatoms. The van der Waals surface area contributed by atoms with Gasteiger partial charge in [0.1, 0.15) is 0 Å². The Hall–Kier alpha value is -0.730. The highest BCUT2D eigenvalue weighted by Gasteiger charge is 2.30. The van der Waals surface area contributed by atoms with Crippen molar-refractivity contribution >= 4 is 29.2 Å². The lowest BCUT2D eigenvalue weighted by Crippen LogP contribution is -2.29. The number of benzene rings is 1. The summed E-state index contributed by atoms with van der Waals surface area (Å²) < 4.78 is 5.16. The van der Waals surface area contributed by atoms with Crippen molar-refractivity contribution in [1.29, 1.82) is 0 Å². The van der Waals surface area contributed by atoms with Gasteiger partial charge in [-0.15, -0.1) is 0 Å². The zero-order valence-corrected chi connectivity index (χ0v) is 16.9. The largest absolute Gasteiger partial charge is 0.469 e. The number of halogens is 2. The second kappa shape index (κ2) is 10.4. The fraction of sp³-hybridized carbons (Fsp3) is 0.667. The van der Waals surface area contributed by atoms with Crippen LogP contribution in [0.15, 0.2) is 18.2 Å². The third kappa shape index (κ3) is 6.49. The minimum atomic E-state index is -0.107. The Balaban J connectivity index is 2.17. The van der Waals surface area contributed by atoms with Crippen molar-refractivity contribution in [2.24, 2.45) is 17.8 Å². The monoisotopic (exact) mass is 384 g/mol. The van der Waals surface area contributed by atoms with Crippen LogP contribution in [0.25, 0.3) is 0 Å². The summed E-state index contributed by atoms with van der Waals surface area (Å²) in [6.45, 7) is 2.32. The second-order valence-corrected chi connectivity index (χ2v) is 8.34. The van der Waals surface area contributed by atoms with Gasteiger partial charge in [-0.05, 0) is 48.8 Å². The number of hydrogen-bond donors (Lipinski definition) is 0. The summed E-state index contributed by atoms with van der Waals surface area (Å²) in [7, 11) is 1.49. The van der Waals surface area contributed by atoms with Crippen LogP contribution in [-0.4, -0.2) is 13.1 Å². The summed E-state index contributed by atoms with van der Waals surface area (Å²) in [6, 6.07) is 5.65. The van der Waals surface area contributed by atoms with Gasteiger partial charge in [-0.1, -0.05) is 74.7 Å². The van der Waals surface area contributed by atoms with Crippen LogP contribution in [0, 0.1) is 17.8 Å². The van der Waals surface area contributed by atoms with Crippen molar-refractivity contribution in [3.63, 3.8) is 0 Å². The molecular formula is C21H30Cl2O2. The first-order valence-corrected chi connectivity index (χ1v) is 10.3. The lowest BCUT2D eigenvalue weighted by Gasteiger charge is -2.29. The average molecular weight is 385 g/mol. The van der Waals surface area contributed by atoms with Gasteiger partial charge in [0.15, 0.2) is 0 Å². The molecule has 1 aromatic rings. The van der Waals surface area contributed by atoms with Gasteiger partial charge in [-0.25, -0.2) is 0 Å². The fourth-order valence-electron chi connectivity index (χ4n) is 4.06. The predicted molar refractivity (Wildman–Crippen MR) is 105 cm³/mol. The van der Waals surface area contributed by atoms with Crippen molar-refractivity contribution in [2.45, 2.75) is 64.7 Å². The van der Waals surface area contributed by atoms with Gasteiger partial charge in [0.05, 0.1) is 23.1 Å². The van der Waals surface area contributed by atoms with E-state index in [0.29, 0.717) is 28.3 Å². The molecule has 0 heterocycles. The van der Waals surface area contributed by atoms with Gasteiger partial charge in [-0.2, -0.15) is 0 Å². The molecule has 0 amide bonds. The Bertz CT molecular complexity index is 559. The molecule has 1 unspecified atom stereocenters. The normalized spacial score (nSPS) is 23.7. The van der Waals surface area contributed by atoms with Crippen molar-refractivity contribution in [2.75, 3.05) is 7.11 Å². The molecule has 1 saturated carbocycles. The van der Waals surface area contributed by atoms with Gasteiger partial charge < -0.3 is 4.74 Å². The quantitative estimate of drug-likeness (QED) is 0.538. The molecule has 1 aliphatic rings. The molecular weight excluding hydrogens is 355 g/mol. The van der Waals surface area contributed by atoms with Gasteiger partial charge in [0.25, 0.3) is 0 Å². The van der Waals surface area contributed by atoms with Crippen molar-refractivity contribution < 1.29 is 9.53 Å². The molecule has 0 aromatic heterocycles. The standard InChI is InChI=1S/C21H30Cl2O2/c1-15-8-6-4-3-5-7-9-17(12-15)18(21(24)25-2)13-16-10-11-19(22)20(23)14-16/h10-11,14-15,17-18H,3-9,12-13H2,1-2H3/t15-,17?,18-/m1/s1. The summed E-state index contributed by atoms with van der Waals surface area (Å²) in [5.41, 5.74) is 1.05. The van der Waals surface area contributed by atoms with Crippen LogP contribution in [0.3, 0.4) is 0 Å².